The minimum absolute atomic E-state index is 0.237. The Morgan fingerprint density at radius 1 is 1.44 bits per heavy atom. The third kappa shape index (κ3) is 3.30. The van der Waals surface area contributed by atoms with Crippen LogP contribution in [0.2, 0.25) is 0 Å². The number of benzene rings is 1. The van der Waals surface area contributed by atoms with Crippen molar-refractivity contribution >= 4 is 21.4 Å². The lowest BCUT2D eigenvalue weighted by atomic mass is 10.3. The van der Waals surface area contributed by atoms with Crippen molar-refractivity contribution < 1.29 is 17.6 Å². The van der Waals surface area contributed by atoms with Crippen molar-refractivity contribution in [2.75, 3.05) is 11.6 Å². The number of rotatable bonds is 3. The first-order valence-corrected chi connectivity index (χ1v) is 6.51. The molecule has 1 aromatic rings. The van der Waals surface area contributed by atoms with Crippen molar-refractivity contribution in [3.05, 3.63) is 30.1 Å². The van der Waals surface area contributed by atoms with Gasteiger partial charge in [-0.1, -0.05) is 6.07 Å². The van der Waals surface area contributed by atoms with E-state index in [1.165, 1.54) is 25.1 Å². The van der Waals surface area contributed by atoms with E-state index >= 15 is 0 Å². The third-order valence-corrected chi connectivity index (χ3v) is 3.60. The lowest BCUT2D eigenvalue weighted by Crippen LogP contribution is -2.31. The van der Waals surface area contributed by atoms with Crippen molar-refractivity contribution in [1.29, 1.82) is 0 Å². The second-order valence-corrected chi connectivity index (χ2v) is 5.84. The van der Waals surface area contributed by atoms with Gasteiger partial charge in [-0.05, 0) is 25.1 Å². The summed E-state index contributed by atoms with van der Waals surface area (Å²) in [5.41, 5.74) is 0.237. The van der Waals surface area contributed by atoms with E-state index in [2.05, 4.69) is 5.32 Å². The van der Waals surface area contributed by atoms with E-state index in [-0.39, 0.29) is 5.69 Å². The Morgan fingerprint density at radius 2 is 2.06 bits per heavy atom. The van der Waals surface area contributed by atoms with Crippen molar-refractivity contribution in [2.45, 2.75) is 12.2 Å². The van der Waals surface area contributed by atoms with E-state index in [0.29, 0.717) is 0 Å². The van der Waals surface area contributed by atoms with Gasteiger partial charge in [-0.15, -0.1) is 0 Å². The predicted octanol–water partition coefficient (Wildman–Crippen LogP) is 1.20. The standard InChI is InChI=1S/C10H12FNO3S/c1-7(16(2,14)15)10(13)12-9-5-3-4-8(11)6-9/h3-7H,1-2H3,(H,12,13). The second-order valence-electron chi connectivity index (χ2n) is 3.47. The van der Waals surface area contributed by atoms with Crippen LogP contribution in [0.4, 0.5) is 10.1 Å². The molecule has 0 aliphatic carbocycles. The molecule has 1 rings (SSSR count). The number of amides is 1. The lowest BCUT2D eigenvalue weighted by Gasteiger charge is -2.10. The van der Waals surface area contributed by atoms with Crippen LogP contribution in [0.1, 0.15) is 6.92 Å². The Bertz CT molecular complexity index is 499. The molecule has 1 aromatic carbocycles. The molecule has 0 heterocycles. The molecule has 16 heavy (non-hydrogen) atoms. The van der Waals surface area contributed by atoms with Gasteiger partial charge in [0.2, 0.25) is 5.91 Å². The second kappa shape index (κ2) is 4.61. The third-order valence-electron chi connectivity index (χ3n) is 2.10. The van der Waals surface area contributed by atoms with Gasteiger partial charge in [0.25, 0.3) is 0 Å². The fraction of sp³-hybridized carbons (Fsp3) is 0.300. The highest BCUT2D eigenvalue weighted by Crippen LogP contribution is 2.10. The number of carbonyl (C=O) groups is 1. The summed E-state index contributed by atoms with van der Waals surface area (Å²) in [7, 11) is -3.44. The number of carbonyl (C=O) groups excluding carboxylic acids is 1. The number of anilines is 1. The first kappa shape index (κ1) is 12.6. The number of sulfone groups is 1. The molecular weight excluding hydrogens is 233 g/mol. The predicted molar refractivity (Wildman–Crippen MR) is 59.3 cm³/mol. The summed E-state index contributed by atoms with van der Waals surface area (Å²) in [6.07, 6.45) is 0.975. The molecule has 1 N–H and O–H groups in total. The first-order chi connectivity index (χ1) is 7.30. The molecule has 1 atom stereocenters. The maximum atomic E-state index is 12.8. The van der Waals surface area contributed by atoms with E-state index in [1.807, 2.05) is 0 Å². The van der Waals surface area contributed by atoms with Gasteiger partial charge in [-0.3, -0.25) is 4.79 Å². The zero-order valence-electron chi connectivity index (χ0n) is 8.90. The highest BCUT2D eigenvalue weighted by molar-refractivity contribution is 7.92. The molecule has 0 aliphatic rings. The van der Waals surface area contributed by atoms with Crippen LogP contribution < -0.4 is 5.32 Å². The highest BCUT2D eigenvalue weighted by atomic mass is 32.2. The Morgan fingerprint density at radius 3 is 2.56 bits per heavy atom. The van der Waals surface area contributed by atoms with Crippen molar-refractivity contribution in [1.82, 2.24) is 0 Å². The molecule has 4 nitrogen and oxygen atoms in total. The molecule has 0 saturated carbocycles. The van der Waals surface area contributed by atoms with E-state index in [1.54, 1.807) is 0 Å². The molecule has 0 spiro atoms. The number of halogens is 1. The van der Waals surface area contributed by atoms with Crippen LogP contribution in [0.15, 0.2) is 24.3 Å². The van der Waals surface area contributed by atoms with Crippen LogP contribution in [0.25, 0.3) is 0 Å². The SMILES string of the molecule is CC(C(=O)Nc1cccc(F)c1)S(C)(=O)=O. The van der Waals surface area contributed by atoms with Crippen LogP contribution in [-0.2, 0) is 14.6 Å². The Hall–Kier alpha value is -1.43. The average molecular weight is 245 g/mol. The van der Waals surface area contributed by atoms with Crippen molar-refractivity contribution in [3.8, 4) is 0 Å². The maximum Gasteiger partial charge on any atom is 0.242 e. The van der Waals surface area contributed by atoms with Gasteiger partial charge in [-0.2, -0.15) is 0 Å². The molecule has 0 fully saturated rings. The summed E-state index contributed by atoms with van der Waals surface area (Å²) in [4.78, 5) is 11.5. The maximum absolute atomic E-state index is 12.8. The minimum atomic E-state index is -3.44. The Balaban J connectivity index is 2.80. The summed E-state index contributed by atoms with van der Waals surface area (Å²) >= 11 is 0. The lowest BCUT2D eigenvalue weighted by molar-refractivity contribution is -0.115. The van der Waals surface area contributed by atoms with Gasteiger partial charge in [0.1, 0.15) is 11.1 Å². The zero-order valence-corrected chi connectivity index (χ0v) is 9.71. The summed E-state index contributed by atoms with van der Waals surface area (Å²) in [6, 6.07) is 5.26. The van der Waals surface area contributed by atoms with Crippen LogP contribution in [0.3, 0.4) is 0 Å². The van der Waals surface area contributed by atoms with Gasteiger partial charge in [0.15, 0.2) is 9.84 Å². The van der Waals surface area contributed by atoms with Crippen molar-refractivity contribution in [3.63, 3.8) is 0 Å². The molecular formula is C10H12FNO3S. The van der Waals surface area contributed by atoms with E-state index in [4.69, 9.17) is 0 Å². The monoisotopic (exact) mass is 245 g/mol. The summed E-state index contributed by atoms with van der Waals surface area (Å²) < 4.78 is 35.0. The van der Waals surface area contributed by atoms with Gasteiger partial charge < -0.3 is 5.32 Å². The molecule has 6 heteroatoms. The Labute approximate surface area is 93.4 Å². The van der Waals surface area contributed by atoms with Gasteiger partial charge >= 0.3 is 0 Å². The fourth-order valence-corrected chi connectivity index (χ4v) is 1.45. The Kier molecular flexibility index (Phi) is 3.64. The molecule has 0 radical (unpaired) electrons. The van der Waals surface area contributed by atoms with Gasteiger partial charge in [0.05, 0.1) is 0 Å². The molecule has 0 saturated heterocycles. The van der Waals surface area contributed by atoms with E-state index in [0.717, 1.165) is 12.3 Å². The molecule has 0 aliphatic heterocycles. The number of hydrogen-bond donors (Lipinski definition) is 1. The molecule has 0 bridgehead atoms. The van der Waals surface area contributed by atoms with Gasteiger partial charge in [0, 0.05) is 11.9 Å². The van der Waals surface area contributed by atoms with Crippen molar-refractivity contribution in [2.24, 2.45) is 0 Å². The summed E-state index contributed by atoms with van der Waals surface area (Å²) in [5.74, 6) is -1.17. The smallest absolute Gasteiger partial charge is 0.242 e. The molecule has 0 aromatic heterocycles. The number of nitrogens with one attached hydrogen (secondary N) is 1. The van der Waals surface area contributed by atoms with Crippen LogP contribution in [-0.4, -0.2) is 25.8 Å². The largest absolute Gasteiger partial charge is 0.325 e. The first-order valence-electron chi connectivity index (χ1n) is 4.56. The normalized spacial score (nSPS) is 13.2. The zero-order chi connectivity index (χ0) is 12.3. The number of hydrogen-bond acceptors (Lipinski definition) is 3. The van der Waals surface area contributed by atoms with E-state index in [9.17, 15) is 17.6 Å². The highest BCUT2D eigenvalue weighted by Gasteiger charge is 2.23. The summed E-state index contributed by atoms with van der Waals surface area (Å²) in [6.45, 7) is 1.28. The average Bonchev–Trinajstić information content (AvgIpc) is 2.15. The molecule has 88 valence electrons. The quantitative estimate of drug-likeness (QED) is 0.870. The minimum Gasteiger partial charge on any atom is -0.325 e. The van der Waals surface area contributed by atoms with E-state index < -0.39 is 26.8 Å². The van der Waals surface area contributed by atoms with Crippen LogP contribution in [0, 0.1) is 5.82 Å². The summed E-state index contributed by atoms with van der Waals surface area (Å²) in [5, 5.41) is 1.17. The van der Waals surface area contributed by atoms with Crippen LogP contribution in [0.5, 0.6) is 0 Å². The fourth-order valence-electron chi connectivity index (χ4n) is 1.00. The van der Waals surface area contributed by atoms with Gasteiger partial charge in [-0.25, -0.2) is 12.8 Å². The van der Waals surface area contributed by atoms with Crippen LogP contribution >= 0.6 is 0 Å². The topological polar surface area (TPSA) is 63.2 Å². The molecule has 1 amide bonds. The molecule has 1 unspecified atom stereocenters.